The Kier molecular flexibility index (Phi) is 3.92. The van der Waals surface area contributed by atoms with Gasteiger partial charge in [0.25, 0.3) is 0 Å². The van der Waals surface area contributed by atoms with Gasteiger partial charge >= 0.3 is 0 Å². The number of halogens is 1. The Morgan fingerprint density at radius 1 is 1.23 bits per heavy atom. The van der Waals surface area contributed by atoms with Crippen molar-refractivity contribution >= 4 is 0 Å². The van der Waals surface area contributed by atoms with Crippen LogP contribution in [-0.4, -0.2) is 19.3 Å². The van der Waals surface area contributed by atoms with Crippen molar-refractivity contribution in [2.24, 2.45) is 0 Å². The van der Waals surface area contributed by atoms with Gasteiger partial charge < -0.3 is 10.1 Å². The molecule has 1 N–H and O–H groups in total. The van der Waals surface area contributed by atoms with Crippen LogP contribution in [0.2, 0.25) is 0 Å². The van der Waals surface area contributed by atoms with Crippen LogP contribution in [0.5, 0.6) is 5.75 Å². The average molecular weight is 299 g/mol. The minimum Gasteiger partial charge on any atom is -0.482 e. The first-order chi connectivity index (χ1) is 10.5. The van der Waals surface area contributed by atoms with Gasteiger partial charge in [0.05, 0.1) is 0 Å². The lowest BCUT2D eigenvalue weighted by molar-refractivity contribution is 0.0228. The summed E-state index contributed by atoms with van der Waals surface area (Å²) in [5, 5.41) is 2.97. The lowest BCUT2D eigenvalue weighted by atomic mass is 9.99. The van der Waals surface area contributed by atoms with Crippen molar-refractivity contribution in [1.29, 1.82) is 0 Å². The molecule has 0 aromatic heterocycles. The molecule has 0 spiro atoms. The van der Waals surface area contributed by atoms with Gasteiger partial charge in [0.15, 0.2) is 11.8 Å². The number of fused-ring (bicyclic) bond motifs is 1. The molecule has 2 nitrogen and oxygen atoms in total. The van der Waals surface area contributed by atoms with Gasteiger partial charge in [-0.3, -0.25) is 0 Å². The summed E-state index contributed by atoms with van der Waals surface area (Å²) in [6.07, 6.45) is -0.184. The Hall–Kier alpha value is -1.87. The second-order valence-corrected chi connectivity index (χ2v) is 6.21. The molecule has 1 aliphatic carbocycles. The first-order valence-electron chi connectivity index (χ1n) is 7.69. The first-order valence-corrected chi connectivity index (χ1v) is 7.69. The van der Waals surface area contributed by atoms with Crippen LogP contribution >= 0.6 is 0 Å². The van der Waals surface area contributed by atoms with Gasteiger partial charge in [0.1, 0.15) is 5.75 Å². The molecular weight excluding hydrogens is 277 g/mol. The number of alkyl halides is 1. The highest BCUT2D eigenvalue weighted by molar-refractivity contribution is 5.43. The number of benzene rings is 2. The van der Waals surface area contributed by atoms with Crippen LogP contribution in [0.4, 0.5) is 4.39 Å². The number of aryl methyl sites for hydroxylation is 2. The Labute approximate surface area is 131 Å². The van der Waals surface area contributed by atoms with Gasteiger partial charge in [0, 0.05) is 13.0 Å². The molecule has 0 amide bonds. The van der Waals surface area contributed by atoms with E-state index in [9.17, 15) is 0 Å². The van der Waals surface area contributed by atoms with E-state index in [-0.39, 0.29) is 6.54 Å². The van der Waals surface area contributed by atoms with Crippen molar-refractivity contribution in [3.05, 3.63) is 64.7 Å². The molecule has 2 aromatic carbocycles. The Balaban J connectivity index is 2.01. The predicted octanol–water partition coefficient (Wildman–Crippen LogP) is 3.91. The third kappa shape index (κ3) is 2.61. The largest absolute Gasteiger partial charge is 0.482 e. The summed E-state index contributed by atoms with van der Waals surface area (Å²) in [7, 11) is 1.78. The molecular formula is C19H22FNO. The maximum atomic E-state index is 15.5. The molecule has 2 aromatic rings. The standard InChI is InChI=1S/C19H22FNO/c1-13-8-9-15-11-19(20,12-21-3)18(16(15)10-13)22-17-7-5-4-6-14(17)2/h4-10,18,21H,11-12H2,1-3H3. The molecule has 2 atom stereocenters. The summed E-state index contributed by atoms with van der Waals surface area (Å²) in [6, 6.07) is 13.9. The van der Waals surface area contributed by atoms with Crippen molar-refractivity contribution < 1.29 is 9.13 Å². The smallest absolute Gasteiger partial charge is 0.168 e. The molecule has 0 bridgehead atoms. The molecule has 0 fully saturated rings. The van der Waals surface area contributed by atoms with Crippen LogP contribution in [0.15, 0.2) is 42.5 Å². The molecule has 1 aliphatic rings. The summed E-state index contributed by atoms with van der Waals surface area (Å²) in [4.78, 5) is 0. The van der Waals surface area contributed by atoms with Crippen LogP contribution in [0.1, 0.15) is 28.4 Å². The fourth-order valence-corrected chi connectivity index (χ4v) is 3.24. The van der Waals surface area contributed by atoms with E-state index in [2.05, 4.69) is 11.4 Å². The van der Waals surface area contributed by atoms with Gasteiger partial charge in [0.2, 0.25) is 0 Å². The lowest BCUT2D eigenvalue weighted by Crippen LogP contribution is -2.41. The average Bonchev–Trinajstić information content (AvgIpc) is 2.74. The number of hydrogen-bond acceptors (Lipinski definition) is 2. The molecule has 3 heteroatoms. The molecule has 0 radical (unpaired) electrons. The quantitative estimate of drug-likeness (QED) is 0.924. The molecule has 0 saturated heterocycles. The van der Waals surface area contributed by atoms with Crippen LogP contribution < -0.4 is 10.1 Å². The van der Waals surface area contributed by atoms with Crippen LogP contribution in [-0.2, 0) is 6.42 Å². The SMILES string of the molecule is CNCC1(F)Cc2ccc(C)cc2C1Oc1ccccc1C. The fourth-order valence-electron chi connectivity index (χ4n) is 3.24. The van der Waals surface area contributed by atoms with E-state index >= 15 is 4.39 Å². The van der Waals surface area contributed by atoms with E-state index in [1.807, 2.05) is 50.2 Å². The van der Waals surface area contributed by atoms with Crippen molar-refractivity contribution in [2.75, 3.05) is 13.6 Å². The first kappa shape index (κ1) is 15.0. The van der Waals surface area contributed by atoms with Crippen LogP contribution in [0.25, 0.3) is 0 Å². The highest BCUT2D eigenvalue weighted by Gasteiger charge is 2.48. The Morgan fingerprint density at radius 2 is 2.00 bits per heavy atom. The minimum absolute atomic E-state index is 0.275. The van der Waals surface area contributed by atoms with Crippen molar-refractivity contribution in [1.82, 2.24) is 5.32 Å². The number of nitrogens with one attached hydrogen (secondary N) is 1. The van der Waals surface area contributed by atoms with Gasteiger partial charge in [-0.25, -0.2) is 4.39 Å². The zero-order chi connectivity index (χ0) is 15.7. The van der Waals surface area contributed by atoms with Gasteiger partial charge in [-0.15, -0.1) is 0 Å². The predicted molar refractivity (Wildman–Crippen MR) is 87.2 cm³/mol. The van der Waals surface area contributed by atoms with E-state index in [1.54, 1.807) is 7.05 Å². The number of rotatable bonds is 4. The minimum atomic E-state index is -1.42. The Morgan fingerprint density at radius 3 is 2.73 bits per heavy atom. The second kappa shape index (κ2) is 5.73. The number of para-hydroxylation sites is 1. The van der Waals surface area contributed by atoms with Crippen molar-refractivity contribution in [3.8, 4) is 5.75 Å². The zero-order valence-corrected chi connectivity index (χ0v) is 13.3. The molecule has 2 unspecified atom stereocenters. The van der Waals surface area contributed by atoms with Crippen molar-refractivity contribution in [2.45, 2.75) is 32.0 Å². The number of ether oxygens (including phenoxy) is 1. The van der Waals surface area contributed by atoms with Crippen molar-refractivity contribution in [3.63, 3.8) is 0 Å². The maximum Gasteiger partial charge on any atom is 0.168 e. The lowest BCUT2D eigenvalue weighted by Gasteiger charge is -2.29. The van der Waals surface area contributed by atoms with Gasteiger partial charge in [-0.05, 0) is 43.7 Å². The van der Waals surface area contributed by atoms with E-state index in [0.717, 1.165) is 28.0 Å². The molecule has 22 heavy (non-hydrogen) atoms. The zero-order valence-electron chi connectivity index (χ0n) is 13.3. The highest BCUT2D eigenvalue weighted by Crippen LogP contribution is 2.45. The molecule has 116 valence electrons. The fraction of sp³-hybridized carbons (Fsp3) is 0.368. The summed E-state index contributed by atoms with van der Waals surface area (Å²) in [5.74, 6) is 0.750. The van der Waals surface area contributed by atoms with E-state index in [0.29, 0.717) is 6.42 Å². The number of hydrogen-bond donors (Lipinski definition) is 1. The van der Waals surface area contributed by atoms with Gasteiger partial charge in [-0.1, -0.05) is 42.0 Å². The van der Waals surface area contributed by atoms with E-state index in [1.165, 1.54) is 0 Å². The summed E-state index contributed by atoms with van der Waals surface area (Å²) in [6.45, 7) is 4.29. The summed E-state index contributed by atoms with van der Waals surface area (Å²) in [5.41, 5.74) is 2.75. The highest BCUT2D eigenvalue weighted by atomic mass is 19.1. The van der Waals surface area contributed by atoms with E-state index < -0.39 is 11.8 Å². The third-order valence-electron chi connectivity index (χ3n) is 4.35. The molecule has 0 saturated carbocycles. The van der Waals surface area contributed by atoms with Crippen LogP contribution in [0.3, 0.4) is 0 Å². The molecule has 0 aliphatic heterocycles. The monoisotopic (exact) mass is 299 g/mol. The second-order valence-electron chi connectivity index (χ2n) is 6.21. The summed E-state index contributed by atoms with van der Waals surface area (Å²) >= 11 is 0. The van der Waals surface area contributed by atoms with Crippen LogP contribution in [0, 0.1) is 13.8 Å². The maximum absolute atomic E-state index is 15.5. The Bertz CT molecular complexity index is 685. The molecule has 0 heterocycles. The third-order valence-corrected chi connectivity index (χ3v) is 4.35. The summed E-state index contributed by atoms with van der Waals surface area (Å²) < 4.78 is 21.7. The topological polar surface area (TPSA) is 21.3 Å². The van der Waals surface area contributed by atoms with Gasteiger partial charge in [-0.2, -0.15) is 0 Å². The molecule has 3 rings (SSSR count). The normalized spacial score (nSPS) is 23.4. The van der Waals surface area contributed by atoms with E-state index in [4.69, 9.17) is 4.74 Å².